The summed E-state index contributed by atoms with van der Waals surface area (Å²) in [5, 5.41) is 8.38. The predicted octanol–water partition coefficient (Wildman–Crippen LogP) is 5.32. The van der Waals surface area contributed by atoms with E-state index in [1.807, 2.05) is 35.0 Å². The van der Waals surface area contributed by atoms with Crippen LogP contribution < -0.4 is 10.1 Å². The largest absolute Gasteiger partial charge is 0.494 e. The summed E-state index contributed by atoms with van der Waals surface area (Å²) in [4.78, 5) is 8.85. The van der Waals surface area contributed by atoms with E-state index in [0.717, 1.165) is 48.6 Å². The number of hydrogen-bond acceptors (Lipinski definition) is 5. The Morgan fingerprint density at radius 2 is 2.00 bits per heavy atom. The number of aromatic nitrogens is 5. The smallest absolute Gasteiger partial charge is 0.246 e. The van der Waals surface area contributed by atoms with Gasteiger partial charge in [0.1, 0.15) is 28.9 Å². The fourth-order valence-electron chi connectivity index (χ4n) is 4.11. The van der Waals surface area contributed by atoms with Crippen molar-refractivity contribution in [1.29, 1.82) is 0 Å². The van der Waals surface area contributed by atoms with Crippen LogP contribution in [-0.4, -0.2) is 31.4 Å². The van der Waals surface area contributed by atoms with Gasteiger partial charge in [0.2, 0.25) is 5.95 Å². The highest BCUT2D eigenvalue weighted by Gasteiger charge is 2.24. The van der Waals surface area contributed by atoms with Gasteiger partial charge in [-0.05, 0) is 42.7 Å². The van der Waals surface area contributed by atoms with E-state index in [0.29, 0.717) is 16.9 Å². The average Bonchev–Trinajstić information content (AvgIpc) is 3.35. The van der Waals surface area contributed by atoms with Gasteiger partial charge in [0, 0.05) is 30.4 Å². The Bertz CT molecular complexity index is 1240. The van der Waals surface area contributed by atoms with Crippen LogP contribution in [0.3, 0.4) is 0 Å². The highest BCUT2D eigenvalue weighted by Crippen LogP contribution is 2.33. The molecule has 1 atom stereocenters. The quantitative estimate of drug-likeness (QED) is 0.443. The number of nitrogens with one attached hydrogen (secondary N) is 1. The summed E-state index contributed by atoms with van der Waals surface area (Å²) in [6.45, 7) is 0.811. The molecule has 32 heavy (non-hydrogen) atoms. The predicted molar refractivity (Wildman–Crippen MR) is 121 cm³/mol. The molecule has 2 aromatic heterocycles. The van der Waals surface area contributed by atoms with Crippen LogP contribution in [0.2, 0.25) is 5.15 Å². The van der Waals surface area contributed by atoms with E-state index in [2.05, 4.69) is 15.4 Å². The van der Waals surface area contributed by atoms with E-state index in [1.54, 1.807) is 24.2 Å². The van der Waals surface area contributed by atoms with Gasteiger partial charge in [0.25, 0.3) is 0 Å². The van der Waals surface area contributed by atoms with E-state index in [-0.39, 0.29) is 11.7 Å². The number of nitrogens with zero attached hydrogens (tertiary/aromatic N) is 5. The Morgan fingerprint density at radius 1 is 1.16 bits per heavy atom. The lowest BCUT2D eigenvalue weighted by atomic mass is 9.93. The van der Waals surface area contributed by atoms with E-state index >= 15 is 0 Å². The summed E-state index contributed by atoms with van der Waals surface area (Å²) in [7, 11) is 1.62. The van der Waals surface area contributed by atoms with Crippen LogP contribution in [0.1, 0.15) is 36.6 Å². The number of aryl methyl sites for hydroxylation is 1. The second kappa shape index (κ2) is 8.63. The molecule has 4 aromatic rings. The van der Waals surface area contributed by atoms with Crippen LogP contribution in [0.25, 0.3) is 5.69 Å². The molecular formula is C23H22ClFN6O. The van der Waals surface area contributed by atoms with Crippen molar-refractivity contribution in [3.8, 4) is 11.4 Å². The Hall–Kier alpha value is -3.39. The molecule has 0 spiro atoms. The topological polar surface area (TPSA) is 69.8 Å². The van der Waals surface area contributed by atoms with Crippen LogP contribution in [0.15, 0.2) is 55.0 Å². The summed E-state index contributed by atoms with van der Waals surface area (Å²) in [5.41, 5.74) is 2.68. The molecule has 0 unspecified atom stereocenters. The van der Waals surface area contributed by atoms with Crippen molar-refractivity contribution in [1.82, 2.24) is 24.3 Å². The number of halogens is 2. The van der Waals surface area contributed by atoms with Gasteiger partial charge in [-0.1, -0.05) is 30.2 Å². The molecule has 0 aliphatic carbocycles. The molecule has 0 bridgehead atoms. The highest BCUT2D eigenvalue weighted by molar-refractivity contribution is 6.29. The van der Waals surface area contributed by atoms with E-state index < -0.39 is 0 Å². The third-order valence-corrected chi connectivity index (χ3v) is 5.86. The number of imidazole rings is 1. The van der Waals surface area contributed by atoms with E-state index in [4.69, 9.17) is 21.3 Å². The molecule has 7 nitrogen and oxygen atoms in total. The van der Waals surface area contributed by atoms with Crippen LogP contribution in [-0.2, 0) is 6.54 Å². The molecule has 0 fully saturated rings. The normalized spacial score (nSPS) is 15.8. The number of ether oxygens (including phenoxy) is 1. The molecule has 0 saturated heterocycles. The summed E-state index contributed by atoms with van der Waals surface area (Å²) < 4.78 is 22.7. The first-order valence-electron chi connectivity index (χ1n) is 10.5. The van der Waals surface area contributed by atoms with Crippen LogP contribution in [0, 0.1) is 5.82 Å². The van der Waals surface area contributed by atoms with E-state index in [9.17, 15) is 4.39 Å². The van der Waals surface area contributed by atoms with Gasteiger partial charge in [-0.15, -0.1) is 5.10 Å². The summed E-state index contributed by atoms with van der Waals surface area (Å²) in [5.74, 6) is 1.93. The minimum atomic E-state index is -0.235. The van der Waals surface area contributed by atoms with Gasteiger partial charge in [-0.2, -0.15) is 4.98 Å². The molecule has 3 heterocycles. The van der Waals surface area contributed by atoms with Crippen molar-refractivity contribution in [2.45, 2.75) is 31.7 Å². The van der Waals surface area contributed by atoms with Crippen LogP contribution in [0.5, 0.6) is 5.75 Å². The number of hydrogen-bond donors (Lipinski definition) is 1. The van der Waals surface area contributed by atoms with Gasteiger partial charge >= 0.3 is 0 Å². The molecule has 5 rings (SSSR count). The van der Waals surface area contributed by atoms with Gasteiger partial charge in [0.15, 0.2) is 0 Å². The molecule has 1 aliphatic heterocycles. The van der Waals surface area contributed by atoms with Crippen LogP contribution >= 0.6 is 11.6 Å². The summed E-state index contributed by atoms with van der Waals surface area (Å²) >= 11 is 5.95. The molecule has 0 radical (unpaired) electrons. The second-order valence-electron chi connectivity index (χ2n) is 7.73. The number of anilines is 2. The zero-order valence-corrected chi connectivity index (χ0v) is 18.3. The Labute approximate surface area is 189 Å². The van der Waals surface area contributed by atoms with Gasteiger partial charge < -0.3 is 14.6 Å². The van der Waals surface area contributed by atoms with Crippen molar-refractivity contribution in [3.63, 3.8) is 0 Å². The molecule has 0 amide bonds. The fourth-order valence-corrected chi connectivity index (χ4v) is 4.26. The lowest BCUT2D eigenvalue weighted by Gasteiger charge is -2.14. The number of benzene rings is 2. The van der Waals surface area contributed by atoms with Gasteiger partial charge in [-0.3, -0.25) is 0 Å². The molecule has 9 heteroatoms. The van der Waals surface area contributed by atoms with Gasteiger partial charge in [0.05, 0.1) is 12.8 Å². The highest BCUT2D eigenvalue weighted by atomic mass is 35.5. The number of rotatable bonds is 5. The van der Waals surface area contributed by atoms with Crippen molar-refractivity contribution in [2.75, 3.05) is 12.4 Å². The molecule has 1 aliphatic rings. The SMILES string of the molecule is COc1cc(Nc2nc3n(n2)CCCC[C@H]3c2ccc(F)cc2)ccc1-n1cnc(Cl)c1. The first-order valence-corrected chi connectivity index (χ1v) is 10.8. The van der Waals surface area contributed by atoms with Crippen molar-refractivity contribution in [2.24, 2.45) is 0 Å². The third-order valence-electron chi connectivity index (χ3n) is 5.66. The zero-order chi connectivity index (χ0) is 22.1. The summed E-state index contributed by atoms with van der Waals surface area (Å²) in [6, 6.07) is 12.4. The minimum Gasteiger partial charge on any atom is -0.494 e. The maximum atomic E-state index is 13.4. The Balaban J connectivity index is 1.43. The molecule has 2 aromatic carbocycles. The summed E-state index contributed by atoms with van der Waals surface area (Å²) in [6.07, 6.45) is 6.42. The van der Waals surface area contributed by atoms with Crippen molar-refractivity contribution in [3.05, 3.63) is 77.3 Å². The Kier molecular flexibility index (Phi) is 5.53. The van der Waals surface area contributed by atoms with Crippen LogP contribution in [0.4, 0.5) is 16.0 Å². The molecule has 0 saturated carbocycles. The maximum Gasteiger partial charge on any atom is 0.246 e. The second-order valence-corrected chi connectivity index (χ2v) is 8.12. The standard InChI is InChI=1S/C23H22ClFN6O/c1-32-20-12-17(9-10-19(20)30-13-21(24)26-14-30)27-23-28-22-18(4-2-3-11-31(22)29-23)15-5-7-16(25)8-6-15/h5-10,12-14,18H,2-4,11H2,1H3,(H,27,29)/t18-/m0/s1. The number of fused-ring (bicyclic) bond motifs is 1. The van der Waals surface area contributed by atoms with Crippen molar-refractivity contribution >= 4 is 23.2 Å². The zero-order valence-electron chi connectivity index (χ0n) is 17.5. The third kappa shape index (κ3) is 4.05. The van der Waals surface area contributed by atoms with E-state index in [1.165, 1.54) is 12.1 Å². The first kappa shape index (κ1) is 20.5. The fraction of sp³-hybridized carbons (Fsp3) is 0.261. The minimum absolute atomic E-state index is 0.0871. The molecular weight excluding hydrogens is 431 g/mol. The lowest BCUT2D eigenvalue weighted by molar-refractivity contribution is 0.413. The van der Waals surface area contributed by atoms with Gasteiger partial charge in [-0.25, -0.2) is 14.1 Å². The Morgan fingerprint density at radius 3 is 2.75 bits per heavy atom. The first-order chi connectivity index (χ1) is 15.6. The molecule has 164 valence electrons. The lowest BCUT2D eigenvalue weighted by Crippen LogP contribution is -2.08. The average molecular weight is 453 g/mol. The van der Waals surface area contributed by atoms with Crippen molar-refractivity contribution < 1.29 is 9.13 Å². The molecule has 1 N–H and O–H groups in total. The maximum absolute atomic E-state index is 13.4. The number of methoxy groups -OCH3 is 1. The monoisotopic (exact) mass is 452 g/mol.